The van der Waals surface area contributed by atoms with Crippen LogP contribution in [0.1, 0.15) is 39.7 Å². The molecule has 0 bridgehead atoms. The van der Waals surface area contributed by atoms with Crippen LogP contribution in [0.3, 0.4) is 0 Å². The van der Waals surface area contributed by atoms with Crippen LogP contribution in [0.25, 0.3) is 11.3 Å². The number of hydrogen-bond donors (Lipinski definition) is 0. The van der Waals surface area contributed by atoms with Crippen LogP contribution in [0.2, 0.25) is 0 Å². The van der Waals surface area contributed by atoms with E-state index in [4.69, 9.17) is 24.3 Å². The predicted octanol–water partition coefficient (Wildman–Crippen LogP) is 5.80. The normalized spacial score (nSPS) is 13.9. The molecule has 0 fully saturated rings. The molecule has 3 aromatic heterocycles. The molecule has 0 spiro atoms. The van der Waals surface area contributed by atoms with E-state index >= 15 is 0 Å². The molecule has 1 aliphatic heterocycles. The van der Waals surface area contributed by atoms with E-state index in [1.165, 1.54) is 5.56 Å². The number of rotatable bonds is 6. The SMILES string of the molecule is COc1ccccc1[C@@H]1c2c(C)nn(-c3ccccc3)c2Oc2ncn3nc(COc4ccc(C)cc4)nc3c21. The van der Waals surface area contributed by atoms with Crippen LogP contribution in [0.5, 0.6) is 23.3 Å². The van der Waals surface area contributed by atoms with Crippen molar-refractivity contribution in [3.8, 4) is 28.9 Å². The number of hydrogen-bond acceptors (Lipinski definition) is 7. The number of benzene rings is 3. The Morgan fingerprint density at radius 2 is 1.65 bits per heavy atom. The van der Waals surface area contributed by atoms with Gasteiger partial charge in [-0.1, -0.05) is 54.1 Å². The topological polar surface area (TPSA) is 88.6 Å². The Bertz CT molecular complexity index is 1840. The standard InChI is InChI=1S/C31H26N6O3/c1-19-13-15-22(16-14-19)39-17-25-33-29-28-27(23-11-7-8-12-24(23)38-3)26-20(2)34-37(21-9-5-4-6-10-21)31(26)40-30(28)32-18-36(29)35-25/h4-16,18,27H,17H2,1-3H3/t27-/m1/s1. The molecule has 0 amide bonds. The molecule has 0 unspecified atom stereocenters. The average Bonchev–Trinajstić information content (AvgIpc) is 3.57. The first kappa shape index (κ1) is 23.9. The maximum atomic E-state index is 6.50. The largest absolute Gasteiger partial charge is 0.496 e. The van der Waals surface area contributed by atoms with Crippen LogP contribution < -0.4 is 14.2 Å². The van der Waals surface area contributed by atoms with Gasteiger partial charge in [-0.05, 0) is 44.2 Å². The van der Waals surface area contributed by atoms with Gasteiger partial charge in [0.25, 0.3) is 0 Å². The zero-order valence-corrected chi connectivity index (χ0v) is 22.3. The minimum absolute atomic E-state index is 0.218. The zero-order chi connectivity index (χ0) is 27.2. The molecule has 3 aromatic carbocycles. The van der Waals surface area contributed by atoms with Gasteiger partial charge in [0.15, 0.2) is 11.5 Å². The zero-order valence-electron chi connectivity index (χ0n) is 22.3. The molecular formula is C31H26N6O3. The average molecular weight is 531 g/mol. The quantitative estimate of drug-likeness (QED) is 0.268. The Hall–Kier alpha value is -5.18. The van der Waals surface area contributed by atoms with Gasteiger partial charge in [-0.15, -0.1) is 5.10 Å². The number of fused-ring (bicyclic) bond motifs is 4. The van der Waals surface area contributed by atoms with E-state index in [0.717, 1.165) is 39.6 Å². The highest BCUT2D eigenvalue weighted by Crippen LogP contribution is 2.51. The van der Waals surface area contributed by atoms with Crippen LogP contribution in [-0.4, -0.2) is 36.5 Å². The molecule has 0 saturated heterocycles. The Kier molecular flexibility index (Phi) is 5.70. The molecule has 198 valence electrons. The molecular weight excluding hydrogens is 504 g/mol. The Labute approximate surface area is 230 Å². The summed E-state index contributed by atoms with van der Waals surface area (Å²) in [6.45, 7) is 4.25. The van der Waals surface area contributed by atoms with Gasteiger partial charge in [-0.25, -0.2) is 19.2 Å². The third kappa shape index (κ3) is 3.94. The monoisotopic (exact) mass is 530 g/mol. The van der Waals surface area contributed by atoms with Crippen molar-refractivity contribution in [2.45, 2.75) is 26.4 Å². The summed E-state index contributed by atoms with van der Waals surface area (Å²) in [7, 11) is 1.68. The van der Waals surface area contributed by atoms with Gasteiger partial charge in [0.2, 0.25) is 11.8 Å². The fraction of sp³-hybridized carbons (Fsp3) is 0.161. The highest BCUT2D eigenvalue weighted by Gasteiger charge is 2.39. The maximum Gasteiger partial charge on any atom is 0.230 e. The van der Waals surface area contributed by atoms with Gasteiger partial charge in [-0.3, -0.25) is 0 Å². The summed E-state index contributed by atoms with van der Waals surface area (Å²) >= 11 is 0. The van der Waals surface area contributed by atoms with Crippen molar-refractivity contribution in [1.82, 2.24) is 29.4 Å². The summed E-state index contributed by atoms with van der Waals surface area (Å²) < 4.78 is 21.8. The highest BCUT2D eigenvalue weighted by atomic mass is 16.5. The fourth-order valence-electron chi connectivity index (χ4n) is 5.23. The van der Waals surface area contributed by atoms with Crippen molar-refractivity contribution in [3.05, 3.63) is 119 Å². The molecule has 0 saturated carbocycles. The van der Waals surface area contributed by atoms with E-state index < -0.39 is 0 Å². The fourth-order valence-corrected chi connectivity index (χ4v) is 5.23. The molecule has 1 atom stereocenters. The van der Waals surface area contributed by atoms with E-state index in [1.54, 1.807) is 18.0 Å². The summed E-state index contributed by atoms with van der Waals surface area (Å²) in [5.74, 6) is 2.81. The summed E-state index contributed by atoms with van der Waals surface area (Å²) in [6, 6.07) is 25.8. The second kappa shape index (κ2) is 9.53. The molecule has 7 rings (SSSR count). The summed E-state index contributed by atoms with van der Waals surface area (Å²) in [6.07, 6.45) is 1.62. The van der Waals surface area contributed by atoms with E-state index in [2.05, 4.69) is 16.1 Å². The number of nitrogens with zero attached hydrogens (tertiary/aromatic N) is 6. The second-order valence-electron chi connectivity index (χ2n) is 9.69. The summed E-state index contributed by atoms with van der Waals surface area (Å²) in [5, 5.41) is 9.56. The summed E-state index contributed by atoms with van der Waals surface area (Å²) in [5.41, 5.74) is 6.23. The second-order valence-corrected chi connectivity index (χ2v) is 9.69. The molecule has 4 heterocycles. The highest BCUT2D eigenvalue weighted by molar-refractivity contribution is 5.67. The van der Waals surface area contributed by atoms with E-state index in [-0.39, 0.29) is 12.5 Å². The van der Waals surface area contributed by atoms with Crippen molar-refractivity contribution >= 4 is 5.65 Å². The Morgan fingerprint density at radius 1 is 0.875 bits per heavy atom. The first-order valence-corrected chi connectivity index (χ1v) is 13.0. The smallest absolute Gasteiger partial charge is 0.230 e. The first-order valence-electron chi connectivity index (χ1n) is 13.0. The van der Waals surface area contributed by atoms with Gasteiger partial charge in [-0.2, -0.15) is 5.10 Å². The predicted molar refractivity (Wildman–Crippen MR) is 149 cm³/mol. The van der Waals surface area contributed by atoms with Gasteiger partial charge in [0.1, 0.15) is 24.4 Å². The number of aryl methyl sites for hydroxylation is 2. The van der Waals surface area contributed by atoms with E-state index in [0.29, 0.717) is 23.2 Å². The van der Waals surface area contributed by atoms with Crippen LogP contribution in [0.4, 0.5) is 0 Å². The number of ether oxygens (including phenoxy) is 3. The molecule has 1 aliphatic rings. The van der Waals surface area contributed by atoms with Crippen molar-refractivity contribution in [2.24, 2.45) is 0 Å². The molecule has 0 aliphatic carbocycles. The number of para-hydroxylation sites is 2. The lowest BCUT2D eigenvalue weighted by atomic mass is 9.84. The minimum atomic E-state index is -0.307. The maximum absolute atomic E-state index is 6.50. The van der Waals surface area contributed by atoms with Gasteiger partial charge >= 0.3 is 0 Å². The van der Waals surface area contributed by atoms with E-state index in [9.17, 15) is 0 Å². The van der Waals surface area contributed by atoms with Crippen molar-refractivity contribution < 1.29 is 14.2 Å². The molecule has 9 heteroatoms. The molecule has 0 radical (unpaired) electrons. The lowest BCUT2D eigenvalue weighted by Crippen LogP contribution is -2.16. The molecule has 9 nitrogen and oxygen atoms in total. The van der Waals surface area contributed by atoms with Crippen LogP contribution >= 0.6 is 0 Å². The van der Waals surface area contributed by atoms with Crippen molar-refractivity contribution in [3.63, 3.8) is 0 Å². The van der Waals surface area contributed by atoms with Gasteiger partial charge < -0.3 is 14.2 Å². The molecule has 6 aromatic rings. The lowest BCUT2D eigenvalue weighted by Gasteiger charge is -2.27. The molecule has 0 N–H and O–H groups in total. The van der Waals surface area contributed by atoms with E-state index in [1.807, 2.05) is 91.3 Å². The number of methoxy groups -OCH3 is 1. The first-order chi connectivity index (χ1) is 19.6. The van der Waals surface area contributed by atoms with Crippen molar-refractivity contribution in [2.75, 3.05) is 7.11 Å². The third-order valence-electron chi connectivity index (χ3n) is 7.10. The van der Waals surface area contributed by atoms with Crippen LogP contribution in [0, 0.1) is 13.8 Å². The minimum Gasteiger partial charge on any atom is -0.496 e. The van der Waals surface area contributed by atoms with Crippen molar-refractivity contribution in [1.29, 1.82) is 0 Å². The Morgan fingerprint density at radius 3 is 2.45 bits per heavy atom. The lowest BCUT2D eigenvalue weighted by molar-refractivity contribution is 0.296. The van der Waals surface area contributed by atoms with Gasteiger partial charge in [0.05, 0.1) is 35.5 Å². The molecule has 40 heavy (non-hydrogen) atoms. The van der Waals surface area contributed by atoms with Gasteiger partial charge in [0, 0.05) is 5.56 Å². The van der Waals surface area contributed by atoms with Crippen LogP contribution in [0.15, 0.2) is 85.2 Å². The number of aromatic nitrogens is 6. The third-order valence-corrected chi connectivity index (χ3v) is 7.10. The summed E-state index contributed by atoms with van der Waals surface area (Å²) in [4.78, 5) is 9.57. The van der Waals surface area contributed by atoms with Crippen LogP contribution in [-0.2, 0) is 6.61 Å². The Balaban J connectivity index is 1.39.